The van der Waals surface area contributed by atoms with Crippen LogP contribution in [0.1, 0.15) is 40.9 Å². The Balaban J connectivity index is 1.64. The molecule has 0 saturated heterocycles. The summed E-state index contributed by atoms with van der Waals surface area (Å²) in [4.78, 5) is 40.4. The molecule has 1 aliphatic rings. The number of hydrogen-bond donors (Lipinski definition) is 1. The summed E-state index contributed by atoms with van der Waals surface area (Å²) in [6, 6.07) is 14.5. The van der Waals surface area contributed by atoms with Gasteiger partial charge in [0.15, 0.2) is 0 Å². The van der Waals surface area contributed by atoms with Gasteiger partial charge < -0.3 is 5.32 Å². The van der Waals surface area contributed by atoms with Crippen molar-refractivity contribution in [2.24, 2.45) is 0 Å². The number of anilines is 3. The molecule has 3 heterocycles. The molecule has 0 unspecified atom stereocenters. The number of nitrogens with zero attached hydrogens (tertiary/aromatic N) is 4. The van der Waals surface area contributed by atoms with Crippen LogP contribution < -0.4 is 10.2 Å². The van der Waals surface area contributed by atoms with Crippen LogP contribution in [0.15, 0.2) is 73.2 Å². The molecule has 2 aromatic heterocycles. The van der Waals surface area contributed by atoms with E-state index in [-0.39, 0.29) is 17.5 Å². The number of fused-ring (bicyclic) bond motifs is 1. The van der Waals surface area contributed by atoms with Crippen LogP contribution in [0.5, 0.6) is 0 Å². The Morgan fingerprint density at radius 2 is 1.66 bits per heavy atom. The zero-order valence-electron chi connectivity index (χ0n) is 20.7. The van der Waals surface area contributed by atoms with Crippen LogP contribution >= 0.6 is 0 Å². The van der Waals surface area contributed by atoms with Crippen molar-refractivity contribution in [2.45, 2.75) is 32.4 Å². The van der Waals surface area contributed by atoms with Gasteiger partial charge in [-0.2, -0.15) is 13.2 Å². The number of nitrogens with one attached hydrogen (secondary N) is 1. The van der Waals surface area contributed by atoms with Crippen LogP contribution in [-0.2, 0) is 16.4 Å². The van der Waals surface area contributed by atoms with Crippen molar-refractivity contribution in [2.75, 3.05) is 10.2 Å². The van der Waals surface area contributed by atoms with Crippen molar-refractivity contribution in [3.63, 3.8) is 0 Å². The third-order valence-electron chi connectivity index (χ3n) is 6.44. The summed E-state index contributed by atoms with van der Waals surface area (Å²) >= 11 is 0. The number of halogens is 3. The normalized spacial score (nSPS) is 14.4. The van der Waals surface area contributed by atoms with E-state index in [9.17, 15) is 22.8 Å². The Morgan fingerprint density at radius 3 is 2.32 bits per heavy atom. The molecule has 0 bridgehead atoms. The fourth-order valence-corrected chi connectivity index (χ4v) is 4.55. The molecular weight excluding hydrogens is 495 g/mol. The van der Waals surface area contributed by atoms with Gasteiger partial charge in [-0.3, -0.25) is 14.6 Å². The maximum atomic E-state index is 13.9. The van der Waals surface area contributed by atoms with Gasteiger partial charge in [0.25, 0.3) is 5.91 Å². The summed E-state index contributed by atoms with van der Waals surface area (Å²) in [5.74, 6) is -1.04. The van der Waals surface area contributed by atoms with E-state index in [0.717, 1.165) is 11.6 Å². The van der Waals surface area contributed by atoms with Crippen LogP contribution in [0.3, 0.4) is 0 Å². The number of carbonyl (C=O) groups is 2. The monoisotopic (exact) mass is 517 g/mol. The molecule has 38 heavy (non-hydrogen) atoms. The average Bonchev–Trinajstić information content (AvgIpc) is 3.10. The Morgan fingerprint density at radius 1 is 0.974 bits per heavy atom. The molecule has 0 fully saturated rings. The van der Waals surface area contributed by atoms with E-state index in [1.807, 2.05) is 6.92 Å². The second-order valence-corrected chi connectivity index (χ2v) is 9.45. The van der Waals surface area contributed by atoms with Gasteiger partial charge in [0.1, 0.15) is 0 Å². The fraction of sp³-hybridized carbons (Fsp3) is 0.179. The predicted molar refractivity (Wildman–Crippen MR) is 136 cm³/mol. The number of rotatable bonds is 4. The van der Waals surface area contributed by atoms with Gasteiger partial charge in [-0.1, -0.05) is 29.8 Å². The second-order valence-electron chi connectivity index (χ2n) is 9.45. The van der Waals surface area contributed by atoms with E-state index >= 15 is 0 Å². The highest BCUT2D eigenvalue weighted by atomic mass is 19.4. The van der Waals surface area contributed by atoms with Crippen molar-refractivity contribution in [1.82, 2.24) is 15.0 Å². The fourth-order valence-electron chi connectivity index (χ4n) is 4.55. The molecule has 7 nitrogen and oxygen atoms in total. The molecular formula is C28H22F3N5O2. The van der Waals surface area contributed by atoms with Gasteiger partial charge in [-0.25, -0.2) is 14.9 Å². The summed E-state index contributed by atoms with van der Waals surface area (Å²) in [5.41, 5.74) is 0.0933. The van der Waals surface area contributed by atoms with Crippen LogP contribution in [0.4, 0.5) is 30.5 Å². The van der Waals surface area contributed by atoms with Crippen molar-refractivity contribution < 1.29 is 22.8 Å². The molecule has 0 atom stereocenters. The number of alkyl halides is 3. The standard InChI is InChI=1S/C28H22F3N5O2/c1-16-8-10-17(11-9-16)35-24(37)19-14-21(34-15-20(19)28(29,30)31)18-6-4-7-22-23(18)27(2,3)25(38)36(22)26-32-12-5-13-33-26/h4-15H,1-3H3,(H,35,37). The lowest BCUT2D eigenvalue weighted by molar-refractivity contribution is -0.138. The third kappa shape index (κ3) is 4.27. The highest BCUT2D eigenvalue weighted by Gasteiger charge is 2.47. The number of benzene rings is 2. The number of amides is 2. The van der Waals surface area contributed by atoms with E-state index in [0.29, 0.717) is 28.7 Å². The first-order valence-corrected chi connectivity index (χ1v) is 11.7. The molecule has 0 radical (unpaired) electrons. The number of hydrogen-bond acceptors (Lipinski definition) is 5. The topological polar surface area (TPSA) is 88.1 Å². The summed E-state index contributed by atoms with van der Waals surface area (Å²) in [5, 5.41) is 2.54. The van der Waals surface area contributed by atoms with Crippen molar-refractivity contribution >= 4 is 29.1 Å². The van der Waals surface area contributed by atoms with Crippen molar-refractivity contribution in [1.29, 1.82) is 0 Å². The third-order valence-corrected chi connectivity index (χ3v) is 6.44. The molecule has 0 saturated carbocycles. The summed E-state index contributed by atoms with van der Waals surface area (Å²) in [6.45, 7) is 5.30. The highest BCUT2D eigenvalue weighted by molar-refractivity contribution is 6.13. The van der Waals surface area contributed by atoms with Crippen LogP contribution in [0.25, 0.3) is 11.3 Å². The van der Waals surface area contributed by atoms with Gasteiger partial charge >= 0.3 is 6.18 Å². The summed E-state index contributed by atoms with van der Waals surface area (Å²) < 4.78 is 41.6. The first-order chi connectivity index (χ1) is 18.0. The second kappa shape index (κ2) is 9.05. The molecule has 1 N–H and O–H groups in total. The van der Waals surface area contributed by atoms with Crippen LogP contribution in [-0.4, -0.2) is 26.8 Å². The Bertz CT molecular complexity index is 1550. The minimum atomic E-state index is -4.80. The maximum absolute atomic E-state index is 13.9. The Labute approximate surface area is 216 Å². The molecule has 192 valence electrons. The largest absolute Gasteiger partial charge is 0.418 e. The van der Waals surface area contributed by atoms with E-state index in [2.05, 4.69) is 20.3 Å². The lowest BCUT2D eigenvalue weighted by Gasteiger charge is -2.20. The lowest BCUT2D eigenvalue weighted by Crippen LogP contribution is -2.34. The lowest BCUT2D eigenvalue weighted by atomic mass is 9.82. The molecule has 4 aromatic rings. The number of aryl methyl sites for hydroxylation is 1. The zero-order valence-corrected chi connectivity index (χ0v) is 20.7. The summed E-state index contributed by atoms with van der Waals surface area (Å²) in [6.07, 6.45) is -1.12. The quantitative estimate of drug-likeness (QED) is 0.355. The molecule has 0 aliphatic carbocycles. The predicted octanol–water partition coefficient (Wildman–Crippen LogP) is 6.07. The first kappa shape index (κ1) is 25.1. The molecule has 1 aliphatic heterocycles. The van der Waals surface area contributed by atoms with Crippen molar-refractivity contribution in [3.05, 3.63) is 95.4 Å². The zero-order chi connectivity index (χ0) is 27.2. The van der Waals surface area contributed by atoms with Gasteiger partial charge in [-0.05, 0) is 51.1 Å². The Hall–Kier alpha value is -4.60. The number of aromatic nitrogens is 3. The van der Waals surface area contributed by atoms with Gasteiger partial charge in [0, 0.05) is 35.4 Å². The first-order valence-electron chi connectivity index (χ1n) is 11.7. The number of pyridine rings is 1. The maximum Gasteiger partial charge on any atom is 0.418 e. The molecule has 0 spiro atoms. The smallest absolute Gasteiger partial charge is 0.322 e. The van der Waals surface area contributed by atoms with Crippen molar-refractivity contribution in [3.8, 4) is 11.3 Å². The van der Waals surface area contributed by atoms with E-state index in [1.165, 1.54) is 17.3 Å². The van der Waals surface area contributed by atoms with E-state index in [4.69, 9.17) is 0 Å². The minimum Gasteiger partial charge on any atom is -0.322 e. The summed E-state index contributed by atoms with van der Waals surface area (Å²) in [7, 11) is 0. The SMILES string of the molecule is Cc1ccc(NC(=O)c2cc(-c3cccc4c3C(C)(C)C(=O)N4c3ncccn3)ncc2C(F)(F)F)cc1. The van der Waals surface area contributed by atoms with E-state index in [1.54, 1.807) is 62.4 Å². The van der Waals surface area contributed by atoms with Gasteiger partial charge in [-0.15, -0.1) is 0 Å². The molecule has 5 rings (SSSR count). The Kier molecular flexibility index (Phi) is 5.97. The van der Waals surface area contributed by atoms with Crippen LogP contribution in [0.2, 0.25) is 0 Å². The molecule has 2 amide bonds. The van der Waals surface area contributed by atoms with Gasteiger partial charge in [0.2, 0.25) is 11.9 Å². The van der Waals surface area contributed by atoms with E-state index < -0.39 is 28.6 Å². The molecule has 10 heteroatoms. The molecule has 2 aromatic carbocycles. The minimum absolute atomic E-state index is 0.126. The van der Waals surface area contributed by atoms with Crippen LogP contribution in [0, 0.1) is 6.92 Å². The number of carbonyl (C=O) groups excluding carboxylic acids is 2. The highest BCUT2D eigenvalue weighted by Crippen LogP contribution is 2.48. The average molecular weight is 518 g/mol. The van der Waals surface area contributed by atoms with Gasteiger partial charge in [0.05, 0.1) is 27.9 Å².